The van der Waals surface area contributed by atoms with Gasteiger partial charge in [-0.3, -0.25) is 0 Å². The molecule has 0 spiro atoms. The van der Waals surface area contributed by atoms with Gasteiger partial charge in [0.25, 0.3) is 0 Å². The molecule has 1 aromatic carbocycles. The van der Waals surface area contributed by atoms with Gasteiger partial charge < -0.3 is 5.11 Å². The Morgan fingerprint density at radius 2 is 2.09 bits per heavy atom. The first-order valence-corrected chi connectivity index (χ1v) is 3.44. The molecule has 4 heteroatoms. The molecule has 0 saturated heterocycles. The van der Waals surface area contributed by atoms with Crippen molar-refractivity contribution < 1.29 is 5.11 Å². The summed E-state index contributed by atoms with van der Waals surface area (Å²) in [7, 11) is 0. The van der Waals surface area contributed by atoms with Crippen LogP contribution in [0.25, 0.3) is 0 Å². The molecule has 0 aromatic heterocycles. The molecule has 0 aliphatic carbocycles. The molecule has 0 bridgehead atoms. The molecular formula is C7H6ClNO2. The number of hydrogen-bond donors (Lipinski definition) is 1. The van der Waals surface area contributed by atoms with Crippen molar-refractivity contribution in [2.45, 2.75) is 5.50 Å². The maximum atomic E-state index is 9.96. The molecule has 11 heavy (non-hydrogen) atoms. The molecule has 58 valence electrons. The largest absolute Gasteiger partial charge is 0.508 e. The zero-order chi connectivity index (χ0) is 8.27. The number of aromatic hydroxyl groups is 1. The fraction of sp³-hybridized carbons (Fsp3) is 0.143. The van der Waals surface area contributed by atoms with Gasteiger partial charge in [-0.25, -0.2) is 0 Å². The van der Waals surface area contributed by atoms with Crippen LogP contribution in [0.2, 0.25) is 0 Å². The van der Waals surface area contributed by atoms with Crippen molar-refractivity contribution in [1.29, 1.82) is 0 Å². The lowest BCUT2D eigenvalue weighted by Crippen LogP contribution is -1.84. The summed E-state index contributed by atoms with van der Waals surface area (Å²) in [4.78, 5) is 9.96. The SMILES string of the molecule is O=NC(Cl)c1ccccc1O. The van der Waals surface area contributed by atoms with Crippen LogP contribution in [0, 0.1) is 4.91 Å². The van der Waals surface area contributed by atoms with Crippen LogP contribution in [-0.4, -0.2) is 5.11 Å². The summed E-state index contributed by atoms with van der Waals surface area (Å²) in [5.41, 5.74) is -0.666. The van der Waals surface area contributed by atoms with Gasteiger partial charge in [0.2, 0.25) is 0 Å². The molecule has 3 nitrogen and oxygen atoms in total. The number of alkyl halides is 1. The minimum Gasteiger partial charge on any atom is -0.508 e. The second kappa shape index (κ2) is 3.34. The molecule has 1 N–H and O–H groups in total. The molecule has 1 unspecified atom stereocenters. The van der Waals surface area contributed by atoms with Crippen molar-refractivity contribution in [3.05, 3.63) is 34.7 Å². The van der Waals surface area contributed by atoms with Crippen LogP contribution in [0.3, 0.4) is 0 Å². The number of rotatable bonds is 2. The summed E-state index contributed by atoms with van der Waals surface area (Å²) in [6, 6.07) is 6.33. The fourth-order valence-electron chi connectivity index (χ4n) is 0.746. The van der Waals surface area contributed by atoms with Gasteiger partial charge in [-0.1, -0.05) is 29.8 Å². The minimum absolute atomic E-state index is 0.00731. The molecule has 1 rings (SSSR count). The number of phenolic OH excluding ortho intramolecular Hbond substituents is 1. The third-order valence-corrected chi connectivity index (χ3v) is 1.60. The summed E-state index contributed by atoms with van der Waals surface area (Å²) in [5.74, 6) is -0.00731. The van der Waals surface area contributed by atoms with E-state index in [1.54, 1.807) is 18.2 Å². The lowest BCUT2D eigenvalue weighted by atomic mass is 10.2. The Kier molecular flexibility index (Phi) is 2.44. The summed E-state index contributed by atoms with van der Waals surface area (Å²) < 4.78 is 0. The highest BCUT2D eigenvalue weighted by Gasteiger charge is 2.10. The van der Waals surface area contributed by atoms with Crippen LogP contribution in [-0.2, 0) is 0 Å². The van der Waals surface area contributed by atoms with Crippen molar-refractivity contribution in [3.8, 4) is 5.75 Å². The standard InChI is InChI=1S/C7H6ClNO2/c8-7(9-11)5-3-1-2-4-6(5)10/h1-4,7,10H. The lowest BCUT2D eigenvalue weighted by Gasteiger charge is -2.01. The van der Waals surface area contributed by atoms with Gasteiger partial charge in [0.15, 0.2) is 5.50 Å². The van der Waals surface area contributed by atoms with Crippen LogP contribution < -0.4 is 0 Å². The number of nitroso groups, excluding NO2 is 1. The van der Waals surface area contributed by atoms with Crippen molar-refractivity contribution in [3.63, 3.8) is 0 Å². The summed E-state index contributed by atoms with van der Waals surface area (Å²) >= 11 is 5.46. The quantitative estimate of drug-likeness (QED) is 0.422. The van der Waals surface area contributed by atoms with E-state index in [2.05, 4.69) is 5.18 Å². The molecule has 0 aliphatic heterocycles. The van der Waals surface area contributed by atoms with Crippen LogP contribution in [0.1, 0.15) is 11.1 Å². The Morgan fingerprint density at radius 3 is 2.64 bits per heavy atom. The van der Waals surface area contributed by atoms with E-state index in [1.807, 2.05) is 0 Å². The normalized spacial score (nSPS) is 12.5. The molecule has 0 fully saturated rings. The number of nitrogens with zero attached hydrogens (tertiary/aromatic N) is 1. The molecule has 0 aliphatic rings. The molecule has 1 atom stereocenters. The van der Waals surface area contributed by atoms with Gasteiger partial charge in [0, 0.05) is 5.56 Å². The Bertz CT molecular complexity index is 264. The predicted molar refractivity (Wildman–Crippen MR) is 42.5 cm³/mol. The molecular weight excluding hydrogens is 166 g/mol. The Labute approximate surface area is 68.6 Å². The molecule has 1 aromatic rings. The van der Waals surface area contributed by atoms with Crippen molar-refractivity contribution in [2.24, 2.45) is 5.18 Å². The van der Waals surface area contributed by atoms with Crippen LogP contribution in [0.5, 0.6) is 5.75 Å². The zero-order valence-electron chi connectivity index (χ0n) is 5.57. The van der Waals surface area contributed by atoms with Crippen molar-refractivity contribution in [2.75, 3.05) is 0 Å². The smallest absolute Gasteiger partial charge is 0.194 e. The van der Waals surface area contributed by atoms with E-state index in [-0.39, 0.29) is 5.75 Å². The van der Waals surface area contributed by atoms with E-state index >= 15 is 0 Å². The van der Waals surface area contributed by atoms with Crippen molar-refractivity contribution in [1.82, 2.24) is 0 Å². The van der Waals surface area contributed by atoms with E-state index in [1.165, 1.54) is 6.07 Å². The Balaban J connectivity index is 3.02. The van der Waals surface area contributed by atoms with E-state index in [0.29, 0.717) is 5.56 Å². The highest BCUT2D eigenvalue weighted by atomic mass is 35.5. The fourth-order valence-corrected chi connectivity index (χ4v) is 0.930. The first kappa shape index (κ1) is 8.01. The number of hydrogen-bond acceptors (Lipinski definition) is 3. The Hall–Kier alpha value is -1.09. The average molecular weight is 172 g/mol. The number of phenols is 1. The molecule has 0 heterocycles. The van der Waals surface area contributed by atoms with Gasteiger partial charge in [-0.05, 0) is 11.2 Å². The summed E-state index contributed by atoms with van der Waals surface area (Å²) in [6.45, 7) is 0. The highest BCUT2D eigenvalue weighted by molar-refractivity contribution is 6.20. The maximum absolute atomic E-state index is 9.96. The van der Waals surface area contributed by atoms with E-state index in [4.69, 9.17) is 16.7 Å². The first-order valence-electron chi connectivity index (χ1n) is 3.00. The van der Waals surface area contributed by atoms with Crippen LogP contribution >= 0.6 is 11.6 Å². The number of halogens is 1. The van der Waals surface area contributed by atoms with E-state index in [9.17, 15) is 4.91 Å². The topological polar surface area (TPSA) is 49.7 Å². The number of benzene rings is 1. The first-order chi connectivity index (χ1) is 5.25. The Morgan fingerprint density at radius 1 is 1.45 bits per heavy atom. The predicted octanol–water partition coefficient (Wildman–Crippen LogP) is 2.40. The minimum atomic E-state index is -1.00. The van der Waals surface area contributed by atoms with Gasteiger partial charge in [-0.2, -0.15) is 0 Å². The monoisotopic (exact) mass is 171 g/mol. The van der Waals surface area contributed by atoms with Crippen LogP contribution in [0.4, 0.5) is 0 Å². The maximum Gasteiger partial charge on any atom is 0.194 e. The van der Waals surface area contributed by atoms with Gasteiger partial charge >= 0.3 is 0 Å². The van der Waals surface area contributed by atoms with E-state index < -0.39 is 5.50 Å². The molecule has 0 amide bonds. The summed E-state index contributed by atoms with van der Waals surface area (Å²) in [6.07, 6.45) is 0. The lowest BCUT2D eigenvalue weighted by molar-refractivity contribution is 0.467. The average Bonchev–Trinajstić information content (AvgIpc) is 2.04. The third-order valence-electron chi connectivity index (χ3n) is 1.29. The van der Waals surface area contributed by atoms with Gasteiger partial charge in [0.05, 0.1) is 0 Å². The van der Waals surface area contributed by atoms with E-state index in [0.717, 1.165) is 0 Å². The highest BCUT2D eigenvalue weighted by Crippen LogP contribution is 2.28. The van der Waals surface area contributed by atoms with Crippen LogP contribution in [0.15, 0.2) is 29.4 Å². The van der Waals surface area contributed by atoms with Gasteiger partial charge in [-0.15, -0.1) is 4.91 Å². The van der Waals surface area contributed by atoms with Gasteiger partial charge in [0.1, 0.15) is 5.75 Å². The zero-order valence-corrected chi connectivity index (χ0v) is 6.32. The second-order valence-electron chi connectivity index (χ2n) is 2.00. The summed E-state index contributed by atoms with van der Waals surface area (Å²) in [5, 5.41) is 11.7. The second-order valence-corrected chi connectivity index (χ2v) is 2.41. The van der Waals surface area contributed by atoms with Crippen molar-refractivity contribution >= 4 is 11.6 Å². The number of para-hydroxylation sites is 1. The molecule has 0 radical (unpaired) electrons. The third kappa shape index (κ3) is 1.68. The molecule has 0 saturated carbocycles.